The number of hydrogen-bond acceptors (Lipinski definition) is 4. The van der Waals surface area contributed by atoms with E-state index in [0.29, 0.717) is 12.1 Å². The highest BCUT2D eigenvalue weighted by Gasteiger charge is 2.11. The van der Waals surface area contributed by atoms with Crippen LogP contribution in [0.15, 0.2) is 24.3 Å². The number of aliphatic carboxylic acids is 1. The molecule has 0 aliphatic heterocycles. The molecule has 0 radical (unpaired) electrons. The minimum absolute atomic E-state index is 0.000161. The molecule has 1 aromatic heterocycles. The van der Waals surface area contributed by atoms with E-state index in [1.54, 1.807) is 28.9 Å². The molecule has 6 heteroatoms. The number of aliphatic hydroxyl groups is 1. The normalized spacial score (nSPS) is 10.6. The number of rotatable bonds is 5. The van der Waals surface area contributed by atoms with Crippen molar-refractivity contribution in [1.82, 2.24) is 15.0 Å². The van der Waals surface area contributed by atoms with Gasteiger partial charge in [-0.15, -0.1) is 5.10 Å². The predicted molar refractivity (Wildman–Crippen MR) is 68.0 cm³/mol. The summed E-state index contributed by atoms with van der Waals surface area (Å²) in [4.78, 5) is 10.6. The van der Waals surface area contributed by atoms with Crippen LogP contribution in [-0.2, 0) is 24.2 Å². The van der Waals surface area contributed by atoms with Gasteiger partial charge in [0.25, 0.3) is 0 Å². The van der Waals surface area contributed by atoms with Crippen molar-refractivity contribution in [3.05, 3.63) is 41.2 Å². The van der Waals surface area contributed by atoms with E-state index < -0.39 is 5.97 Å². The van der Waals surface area contributed by atoms with Gasteiger partial charge in [0.2, 0.25) is 0 Å². The minimum Gasteiger partial charge on any atom is -0.481 e. The highest BCUT2D eigenvalue weighted by molar-refractivity contribution is 5.70. The molecular formula is C13H15N3O3. The van der Waals surface area contributed by atoms with Gasteiger partial charge in [0.05, 0.1) is 24.4 Å². The Bertz CT molecular complexity index is 575. The van der Waals surface area contributed by atoms with Crippen LogP contribution in [0.4, 0.5) is 0 Å². The summed E-state index contributed by atoms with van der Waals surface area (Å²) in [5.41, 5.74) is 2.96. The molecule has 0 spiro atoms. The third-order valence-corrected chi connectivity index (χ3v) is 2.86. The summed E-state index contributed by atoms with van der Waals surface area (Å²) in [5, 5.41) is 25.8. The average molecular weight is 261 g/mol. The fourth-order valence-corrected chi connectivity index (χ4v) is 1.95. The van der Waals surface area contributed by atoms with Crippen LogP contribution in [-0.4, -0.2) is 31.2 Å². The summed E-state index contributed by atoms with van der Waals surface area (Å²) < 4.78 is 1.66. The SMILES string of the molecule is CCc1c(CO)nnn1-c1ccc(CC(=O)O)cc1. The summed E-state index contributed by atoms with van der Waals surface area (Å²) in [5.74, 6) is -0.856. The van der Waals surface area contributed by atoms with Crippen LogP contribution in [0.3, 0.4) is 0 Å². The van der Waals surface area contributed by atoms with Crippen molar-refractivity contribution in [1.29, 1.82) is 0 Å². The van der Waals surface area contributed by atoms with Gasteiger partial charge in [-0.3, -0.25) is 4.79 Å². The molecule has 100 valence electrons. The van der Waals surface area contributed by atoms with E-state index in [2.05, 4.69) is 10.3 Å². The summed E-state index contributed by atoms with van der Waals surface area (Å²) >= 11 is 0. The van der Waals surface area contributed by atoms with Crippen LogP contribution in [0, 0.1) is 0 Å². The molecule has 1 aromatic carbocycles. The van der Waals surface area contributed by atoms with Crippen molar-refractivity contribution in [3.63, 3.8) is 0 Å². The molecule has 0 atom stereocenters. The molecule has 0 aliphatic carbocycles. The third-order valence-electron chi connectivity index (χ3n) is 2.86. The maximum Gasteiger partial charge on any atom is 0.307 e. The van der Waals surface area contributed by atoms with Gasteiger partial charge in [-0.1, -0.05) is 24.3 Å². The molecule has 0 saturated carbocycles. The van der Waals surface area contributed by atoms with Gasteiger partial charge < -0.3 is 10.2 Å². The molecule has 2 N–H and O–H groups in total. The second-order valence-corrected chi connectivity index (χ2v) is 4.14. The van der Waals surface area contributed by atoms with Gasteiger partial charge in [0, 0.05) is 0 Å². The second kappa shape index (κ2) is 5.62. The Morgan fingerprint density at radius 2 is 2.00 bits per heavy atom. The maximum atomic E-state index is 10.6. The largest absolute Gasteiger partial charge is 0.481 e. The summed E-state index contributed by atoms with van der Waals surface area (Å²) in [6.07, 6.45) is 0.708. The van der Waals surface area contributed by atoms with Crippen molar-refractivity contribution >= 4 is 5.97 Å². The van der Waals surface area contributed by atoms with E-state index in [4.69, 9.17) is 5.11 Å². The van der Waals surface area contributed by atoms with Crippen molar-refractivity contribution in [2.45, 2.75) is 26.4 Å². The Morgan fingerprint density at radius 3 is 2.53 bits per heavy atom. The van der Waals surface area contributed by atoms with Gasteiger partial charge >= 0.3 is 5.97 Å². The number of carboxylic acid groups (broad SMARTS) is 1. The number of nitrogens with zero attached hydrogens (tertiary/aromatic N) is 3. The first-order valence-electron chi connectivity index (χ1n) is 6.01. The fraction of sp³-hybridized carbons (Fsp3) is 0.308. The molecule has 6 nitrogen and oxygen atoms in total. The summed E-state index contributed by atoms with van der Waals surface area (Å²) in [7, 11) is 0. The van der Waals surface area contributed by atoms with Crippen LogP contribution >= 0.6 is 0 Å². The number of carboxylic acids is 1. The van der Waals surface area contributed by atoms with Gasteiger partial charge in [-0.05, 0) is 24.1 Å². The van der Waals surface area contributed by atoms with Crippen LogP contribution in [0.2, 0.25) is 0 Å². The molecule has 0 bridgehead atoms. The first-order chi connectivity index (χ1) is 9.15. The van der Waals surface area contributed by atoms with Crippen LogP contribution in [0.5, 0.6) is 0 Å². The zero-order chi connectivity index (χ0) is 13.8. The first-order valence-corrected chi connectivity index (χ1v) is 6.01. The van der Waals surface area contributed by atoms with Gasteiger partial charge in [-0.25, -0.2) is 4.68 Å². The van der Waals surface area contributed by atoms with Crippen molar-refractivity contribution in [2.24, 2.45) is 0 Å². The Morgan fingerprint density at radius 1 is 1.32 bits per heavy atom. The monoisotopic (exact) mass is 261 g/mol. The maximum absolute atomic E-state index is 10.6. The van der Waals surface area contributed by atoms with Gasteiger partial charge in [-0.2, -0.15) is 0 Å². The smallest absolute Gasteiger partial charge is 0.307 e. The summed E-state index contributed by atoms with van der Waals surface area (Å²) in [6.45, 7) is 1.83. The second-order valence-electron chi connectivity index (χ2n) is 4.14. The van der Waals surface area contributed by atoms with Gasteiger partial charge in [0.15, 0.2) is 0 Å². The lowest BCUT2D eigenvalue weighted by Gasteiger charge is -2.06. The molecule has 1 heterocycles. The average Bonchev–Trinajstić information content (AvgIpc) is 2.81. The molecule has 0 unspecified atom stereocenters. The molecule has 2 aromatic rings. The molecule has 0 fully saturated rings. The molecule has 19 heavy (non-hydrogen) atoms. The van der Waals surface area contributed by atoms with Crippen LogP contribution in [0.1, 0.15) is 23.9 Å². The Kier molecular flexibility index (Phi) is 3.91. The Hall–Kier alpha value is -2.21. The highest BCUT2D eigenvalue weighted by atomic mass is 16.4. The number of aromatic nitrogens is 3. The van der Waals surface area contributed by atoms with Crippen LogP contribution < -0.4 is 0 Å². The lowest BCUT2D eigenvalue weighted by atomic mass is 10.1. The lowest BCUT2D eigenvalue weighted by Crippen LogP contribution is -2.04. The standard InChI is InChI=1S/C13H15N3O3/c1-2-12-11(8-17)14-15-16(12)10-5-3-9(4-6-10)7-13(18)19/h3-6,17H,2,7-8H2,1H3,(H,18,19). The number of hydrogen-bond donors (Lipinski definition) is 2. The first kappa shape index (κ1) is 13.2. The Labute approximate surface area is 110 Å². The van der Waals surface area contributed by atoms with Gasteiger partial charge in [0.1, 0.15) is 5.69 Å². The van der Waals surface area contributed by atoms with Crippen molar-refractivity contribution in [2.75, 3.05) is 0 Å². The van der Waals surface area contributed by atoms with E-state index in [-0.39, 0.29) is 13.0 Å². The van der Waals surface area contributed by atoms with E-state index in [0.717, 1.165) is 16.9 Å². The zero-order valence-electron chi connectivity index (χ0n) is 10.6. The number of benzene rings is 1. The molecular weight excluding hydrogens is 246 g/mol. The van der Waals surface area contributed by atoms with Crippen molar-refractivity contribution in [3.8, 4) is 5.69 Å². The quantitative estimate of drug-likeness (QED) is 0.836. The summed E-state index contributed by atoms with van der Waals surface area (Å²) in [6, 6.07) is 7.10. The van der Waals surface area contributed by atoms with E-state index in [9.17, 15) is 9.90 Å². The Balaban J connectivity index is 2.32. The zero-order valence-corrected chi connectivity index (χ0v) is 10.6. The highest BCUT2D eigenvalue weighted by Crippen LogP contribution is 2.15. The molecule has 0 aliphatic rings. The lowest BCUT2D eigenvalue weighted by molar-refractivity contribution is -0.136. The third kappa shape index (κ3) is 2.79. The minimum atomic E-state index is -0.856. The van der Waals surface area contributed by atoms with Crippen molar-refractivity contribution < 1.29 is 15.0 Å². The van der Waals surface area contributed by atoms with Crippen LogP contribution in [0.25, 0.3) is 5.69 Å². The fourth-order valence-electron chi connectivity index (χ4n) is 1.95. The molecule has 2 rings (SSSR count). The van der Waals surface area contributed by atoms with E-state index >= 15 is 0 Å². The number of aliphatic hydroxyl groups excluding tert-OH is 1. The van der Waals surface area contributed by atoms with E-state index in [1.807, 2.05) is 6.92 Å². The molecule has 0 saturated heterocycles. The predicted octanol–water partition coefficient (Wildman–Crippen LogP) is 0.949. The van der Waals surface area contributed by atoms with E-state index in [1.165, 1.54) is 0 Å². The number of carbonyl (C=O) groups is 1. The topological polar surface area (TPSA) is 88.2 Å². The molecule has 0 amide bonds.